The Morgan fingerprint density at radius 3 is 2.86 bits per heavy atom. The summed E-state index contributed by atoms with van der Waals surface area (Å²) in [7, 11) is 3.98. The van der Waals surface area contributed by atoms with Crippen LogP contribution in [0.4, 0.5) is 0 Å². The van der Waals surface area contributed by atoms with Crippen LogP contribution in [0.25, 0.3) is 11.0 Å². The third-order valence-corrected chi connectivity index (χ3v) is 3.88. The molecule has 2 aromatic rings. The van der Waals surface area contributed by atoms with Gasteiger partial charge in [0.05, 0.1) is 0 Å². The van der Waals surface area contributed by atoms with E-state index in [1.807, 2.05) is 43.3 Å². The number of benzene rings is 1. The minimum atomic E-state index is -0.0454. The standard InChI is InChI=1S/C16H21N3O2/c1-18(2)10-13-12-5-3-4-6-14(12)21-15(13)16(20)19-8-7-11(17)9-19/h3-6,11H,7-10,17H2,1-2H3/t11-/m1/s1. The van der Waals surface area contributed by atoms with Crippen LogP contribution in [0.2, 0.25) is 0 Å². The maximum absolute atomic E-state index is 12.7. The number of hydrogen-bond donors (Lipinski definition) is 1. The zero-order valence-electron chi connectivity index (χ0n) is 12.5. The molecule has 0 bridgehead atoms. The van der Waals surface area contributed by atoms with Gasteiger partial charge >= 0.3 is 0 Å². The van der Waals surface area contributed by atoms with Gasteiger partial charge in [0, 0.05) is 36.6 Å². The highest BCUT2D eigenvalue weighted by atomic mass is 16.3. The van der Waals surface area contributed by atoms with Crippen molar-refractivity contribution < 1.29 is 9.21 Å². The lowest BCUT2D eigenvalue weighted by molar-refractivity contribution is 0.0759. The van der Waals surface area contributed by atoms with Crippen molar-refractivity contribution in [1.29, 1.82) is 0 Å². The average molecular weight is 287 g/mol. The number of rotatable bonds is 3. The molecule has 5 heteroatoms. The molecule has 0 unspecified atom stereocenters. The average Bonchev–Trinajstić information content (AvgIpc) is 3.03. The molecule has 1 aliphatic heterocycles. The number of carbonyl (C=O) groups is 1. The molecule has 112 valence electrons. The van der Waals surface area contributed by atoms with Crippen LogP contribution in [0.5, 0.6) is 0 Å². The van der Waals surface area contributed by atoms with Crippen molar-refractivity contribution in [1.82, 2.24) is 9.80 Å². The van der Waals surface area contributed by atoms with Crippen molar-refractivity contribution in [3.8, 4) is 0 Å². The maximum Gasteiger partial charge on any atom is 0.290 e. The van der Waals surface area contributed by atoms with Gasteiger partial charge in [0.15, 0.2) is 5.76 Å². The normalized spacial score (nSPS) is 18.9. The number of amides is 1. The summed E-state index contributed by atoms with van der Waals surface area (Å²) in [5.41, 5.74) is 7.63. The van der Waals surface area contributed by atoms with Crippen LogP contribution in [0, 0.1) is 0 Å². The van der Waals surface area contributed by atoms with Crippen molar-refractivity contribution in [2.75, 3.05) is 27.2 Å². The van der Waals surface area contributed by atoms with E-state index in [0.717, 1.165) is 23.0 Å². The fourth-order valence-corrected chi connectivity index (χ4v) is 2.86. The molecule has 2 heterocycles. The molecule has 1 saturated heterocycles. The Balaban J connectivity index is 2.02. The highest BCUT2D eigenvalue weighted by Gasteiger charge is 2.29. The van der Waals surface area contributed by atoms with E-state index in [0.29, 0.717) is 25.4 Å². The predicted molar refractivity (Wildman–Crippen MR) is 82.1 cm³/mol. The molecule has 2 N–H and O–H groups in total. The second-order valence-corrected chi connectivity index (χ2v) is 5.94. The van der Waals surface area contributed by atoms with Gasteiger partial charge in [-0.1, -0.05) is 18.2 Å². The van der Waals surface area contributed by atoms with Gasteiger partial charge in [-0.3, -0.25) is 4.79 Å². The van der Waals surface area contributed by atoms with E-state index in [2.05, 4.69) is 0 Å². The minimum Gasteiger partial charge on any atom is -0.451 e. The third kappa shape index (κ3) is 2.66. The highest BCUT2D eigenvalue weighted by molar-refractivity contribution is 5.99. The number of fused-ring (bicyclic) bond motifs is 1. The monoisotopic (exact) mass is 287 g/mol. The molecule has 1 aliphatic rings. The first-order valence-corrected chi connectivity index (χ1v) is 7.26. The highest BCUT2D eigenvalue weighted by Crippen LogP contribution is 2.28. The largest absolute Gasteiger partial charge is 0.451 e. The number of furan rings is 1. The first kappa shape index (κ1) is 14.1. The molecule has 0 saturated carbocycles. The Morgan fingerprint density at radius 2 is 2.19 bits per heavy atom. The minimum absolute atomic E-state index is 0.0454. The van der Waals surface area contributed by atoms with Gasteiger partial charge in [0.25, 0.3) is 5.91 Å². The smallest absolute Gasteiger partial charge is 0.290 e. The Morgan fingerprint density at radius 1 is 1.43 bits per heavy atom. The summed E-state index contributed by atoms with van der Waals surface area (Å²) in [5, 5.41) is 1.01. The molecule has 1 fully saturated rings. The summed E-state index contributed by atoms with van der Waals surface area (Å²) in [4.78, 5) is 16.6. The van der Waals surface area contributed by atoms with E-state index < -0.39 is 0 Å². The maximum atomic E-state index is 12.7. The topological polar surface area (TPSA) is 62.7 Å². The van der Waals surface area contributed by atoms with Crippen molar-refractivity contribution in [2.45, 2.75) is 19.0 Å². The summed E-state index contributed by atoms with van der Waals surface area (Å²) in [6.45, 7) is 1.99. The molecule has 1 atom stereocenters. The molecule has 1 aromatic carbocycles. The van der Waals surface area contributed by atoms with Crippen LogP contribution in [0.15, 0.2) is 28.7 Å². The lowest BCUT2D eigenvalue weighted by Gasteiger charge is -2.16. The molecule has 0 radical (unpaired) electrons. The molecule has 0 spiro atoms. The molecule has 1 aromatic heterocycles. The van der Waals surface area contributed by atoms with Gasteiger partial charge in [0.2, 0.25) is 0 Å². The zero-order chi connectivity index (χ0) is 15.0. The van der Waals surface area contributed by atoms with Crippen molar-refractivity contribution >= 4 is 16.9 Å². The van der Waals surface area contributed by atoms with Gasteiger partial charge in [-0.15, -0.1) is 0 Å². The lowest BCUT2D eigenvalue weighted by atomic mass is 10.1. The summed E-state index contributed by atoms with van der Waals surface area (Å²) >= 11 is 0. The van der Waals surface area contributed by atoms with Gasteiger partial charge in [-0.25, -0.2) is 0 Å². The molecule has 1 amide bonds. The molecule has 5 nitrogen and oxygen atoms in total. The van der Waals surface area contributed by atoms with Crippen LogP contribution in [0.3, 0.4) is 0 Å². The Kier molecular flexibility index (Phi) is 3.69. The first-order valence-electron chi connectivity index (χ1n) is 7.26. The Hall–Kier alpha value is -1.85. The van der Waals surface area contributed by atoms with Gasteiger partial charge in [0.1, 0.15) is 5.58 Å². The van der Waals surface area contributed by atoms with Gasteiger partial charge in [-0.05, 0) is 26.6 Å². The Labute approximate surface area is 124 Å². The van der Waals surface area contributed by atoms with Crippen LogP contribution < -0.4 is 5.73 Å². The van der Waals surface area contributed by atoms with Crippen molar-refractivity contribution in [2.24, 2.45) is 5.73 Å². The van der Waals surface area contributed by atoms with E-state index in [4.69, 9.17) is 10.2 Å². The fourth-order valence-electron chi connectivity index (χ4n) is 2.86. The van der Waals surface area contributed by atoms with E-state index >= 15 is 0 Å². The van der Waals surface area contributed by atoms with Gasteiger partial charge < -0.3 is 20.0 Å². The summed E-state index contributed by atoms with van der Waals surface area (Å²) in [6, 6.07) is 7.88. The van der Waals surface area contributed by atoms with Crippen molar-refractivity contribution in [3.63, 3.8) is 0 Å². The molecule has 3 rings (SSSR count). The number of para-hydroxylation sites is 1. The summed E-state index contributed by atoms with van der Waals surface area (Å²) in [5.74, 6) is 0.412. The SMILES string of the molecule is CN(C)Cc1c(C(=O)N2CC[C@@H](N)C2)oc2ccccc12. The van der Waals surface area contributed by atoms with E-state index in [1.54, 1.807) is 4.90 Å². The summed E-state index contributed by atoms with van der Waals surface area (Å²) in [6.07, 6.45) is 0.856. The lowest BCUT2D eigenvalue weighted by Crippen LogP contribution is -2.32. The van der Waals surface area contributed by atoms with Crippen molar-refractivity contribution in [3.05, 3.63) is 35.6 Å². The number of nitrogens with two attached hydrogens (primary N) is 1. The molecular weight excluding hydrogens is 266 g/mol. The fraction of sp³-hybridized carbons (Fsp3) is 0.438. The molecule has 21 heavy (non-hydrogen) atoms. The molecule has 0 aliphatic carbocycles. The van der Waals surface area contributed by atoms with Crippen LogP contribution in [0.1, 0.15) is 22.5 Å². The van der Waals surface area contributed by atoms with Gasteiger partial charge in [-0.2, -0.15) is 0 Å². The third-order valence-electron chi connectivity index (χ3n) is 3.88. The second kappa shape index (κ2) is 5.50. The number of hydrogen-bond acceptors (Lipinski definition) is 4. The molecular formula is C16H21N3O2. The van der Waals surface area contributed by atoms with E-state index in [1.165, 1.54) is 0 Å². The second-order valence-electron chi connectivity index (χ2n) is 5.94. The van der Waals surface area contributed by atoms with Crippen LogP contribution >= 0.6 is 0 Å². The zero-order valence-corrected chi connectivity index (χ0v) is 12.5. The van der Waals surface area contributed by atoms with Crippen LogP contribution in [-0.4, -0.2) is 48.9 Å². The predicted octanol–water partition coefficient (Wildman–Crippen LogP) is 1.67. The Bertz CT molecular complexity index is 663. The number of nitrogens with zero attached hydrogens (tertiary/aromatic N) is 2. The number of carbonyl (C=O) groups excluding carboxylic acids is 1. The quantitative estimate of drug-likeness (QED) is 0.932. The van der Waals surface area contributed by atoms with E-state index in [9.17, 15) is 4.79 Å². The van der Waals surface area contributed by atoms with Crippen LogP contribution in [-0.2, 0) is 6.54 Å². The first-order chi connectivity index (χ1) is 10.1. The number of likely N-dealkylation sites (tertiary alicyclic amines) is 1. The van der Waals surface area contributed by atoms with E-state index in [-0.39, 0.29) is 11.9 Å². The summed E-state index contributed by atoms with van der Waals surface area (Å²) < 4.78 is 5.85.